The number of hydrogen-bond acceptors (Lipinski definition) is 6. The molecular formula is C29H31F4N5O3. The second-order valence-corrected chi connectivity index (χ2v) is 11.5. The lowest BCUT2D eigenvalue weighted by Crippen LogP contribution is -2.45. The van der Waals surface area contributed by atoms with E-state index in [4.69, 9.17) is 4.74 Å². The normalized spacial score (nSPS) is 21.2. The van der Waals surface area contributed by atoms with E-state index in [0.717, 1.165) is 18.2 Å². The second kappa shape index (κ2) is 11.1. The average molecular weight is 574 g/mol. The number of piperidine rings is 1. The fourth-order valence-electron chi connectivity index (χ4n) is 5.35. The fourth-order valence-corrected chi connectivity index (χ4v) is 5.35. The van der Waals surface area contributed by atoms with Gasteiger partial charge in [0.1, 0.15) is 28.9 Å². The highest BCUT2D eigenvalue weighted by molar-refractivity contribution is 6.02. The van der Waals surface area contributed by atoms with Crippen LogP contribution < -0.4 is 5.43 Å². The van der Waals surface area contributed by atoms with Gasteiger partial charge in [0.15, 0.2) is 0 Å². The molecule has 0 spiro atoms. The van der Waals surface area contributed by atoms with Crippen LogP contribution in [0.15, 0.2) is 40.5 Å². The highest BCUT2D eigenvalue weighted by Gasteiger charge is 2.37. The van der Waals surface area contributed by atoms with Crippen molar-refractivity contribution in [3.8, 4) is 0 Å². The Balaban J connectivity index is 1.26. The van der Waals surface area contributed by atoms with Crippen LogP contribution in [0.1, 0.15) is 75.2 Å². The Labute approximate surface area is 235 Å². The first-order chi connectivity index (χ1) is 19.4. The van der Waals surface area contributed by atoms with Gasteiger partial charge in [-0.05, 0) is 69.0 Å². The van der Waals surface area contributed by atoms with Crippen LogP contribution in [0.4, 0.5) is 22.4 Å². The number of ether oxygens (including phenoxy) is 1. The van der Waals surface area contributed by atoms with Crippen molar-refractivity contribution >= 4 is 23.9 Å². The van der Waals surface area contributed by atoms with Crippen molar-refractivity contribution in [1.82, 2.24) is 15.3 Å². The zero-order chi connectivity index (χ0) is 29.5. The van der Waals surface area contributed by atoms with E-state index in [9.17, 15) is 18.4 Å². The first-order valence-electron chi connectivity index (χ1n) is 13.5. The Kier molecular flexibility index (Phi) is 7.76. The van der Waals surface area contributed by atoms with Crippen molar-refractivity contribution < 1.29 is 31.9 Å². The Bertz CT molecular complexity index is 1370. The van der Waals surface area contributed by atoms with Gasteiger partial charge in [0.2, 0.25) is 5.91 Å². The predicted octanol–water partition coefficient (Wildman–Crippen LogP) is 5.59. The third kappa shape index (κ3) is 6.20. The first-order valence-corrected chi connectivity index (χ1v) is 13.5. The van der Waals surface area contributed by atoms with Crippen molar-refractivity contribution in [1.29, 1.82) is 0 Å². The third-order valence-corrected chi connectivity index (χ3v) is 7.33. The highest BCUT2D eigenvalue weighted by Crippen LogP contribution is 2.35. The summed E-state index contributed by atoms with van der Waals surface area (Å²) in [5.74, 6) is -3.92. The summed E-state index contributed by atoms with van der Waals surface area (Å²) in [6.45, 7) is 6.06. The number of benzene rings is 2. The van der Waals surface area contributed by atoms with E-state index in [1.165, 1.54) is 23.4 Å². The molecule has 0 aliphatic carbocycles. The monoisotopic (exact) mass is 573 g/mol. The summed E-state index contributed by atoms with van der Waals surface area (Å²) < 4.78 is 63.4. The molecule has 5 rings (SSSR count). The van der Waals surface area contributed by atoms with Crippen molar-refractivity contribution in [3.63, 3.8) is 0 Å². The Morgan fingerprint density at radius 1 is 0.951 bits per heavy atom. The molecule has 0 radical (unpaired) electrons. The van der Waals surface area contributed by atoms with Gasteiger partial charge in [0.05, 0.1) is 23.4 Å². The summed E-state index contributed by atoms with van der Waals surface area (Å²) in [4.78, 5) is 27.3. The highest BCUT2D eigenvalue weighted by atomic mass is 19.1. The van der Waals surface area contributed by atoms with Crippen molar-refractivity contribution in [2.45, 2.75) is 64.1 Å². The minimum atomic E-state index is -0.864. The van der Waals surface area contributed by atoms with Gasteiger partial charge in [-0.1, -0.05) is 0 Å². The molecule has 1 fully saturated rings. The van der Waals surface area contributed by atoms with Gasteiger partial charge in [-0.2, -0.15) is 10.2 Å². The zero-order valence-corrected chi connectivity index (χ0v) is 23.0. The zero-order valence-electron chi connectivity index (χ0n) is 23.0. The molecule has 3 heterocycles. The van der Waals surface area contributed by atoms with Crippen LogP contribution in [-0.4, -0.2) is 52.5 Å². The van der Waals surface area contributed by atoms with Crippen LogP contribution in [0, 0.1) is 29.2 Å². The lowest BCUT2D eigenvalue weighted by Gasteiger charge is -2.34. The van der Waals surface area contributed by atoms with Gasteiger partial charge in [0.25, 0.3) is 0 Å². The van der Waals surface area contributed by atoms with E-state index in [1.807, 2.05) is 0 Å². The van der Waals surface area contributed by atoms with Crippen LogP contribution in [0.3, 0.4) is 0 Å². The molecule has 1 saturated heterocycles. The number of hydrogen-bond donors (Lipinski definition) is 1. The quantitative estimate of drug-likeness (QED) is 0.484. The lowest BCUT2D eigenvalue weighted by molar-refractivity contribution is -0.139. The topological polar surface area (TPSA) is 86.6 Å². The summed E-state index contributed by atoms with van der Waals surface area (Å²) in [6, 6.07) is 4.03. The number of likely N-dealkylation sites (tertiary alicyclic amines) is 1. The Morgan fingerprint density at radius 3 is 2.20 bits per heavy atom. The summed E-state index contributed by atoms with van der Waals surface area (Å²) in [5.41, 5.74) is 2.33. The molecule has 2 aromatic carbocycles. The fraction of sp³-hybridized carbons (Fsp3) is 0.448. The molecule has 2 atom stereocenters. The van der Waals surface area contributed by atoms with Crippen LogP contribution in [0.25, 0.3) is 0 Å². The smallest absolute Gasteiger partial charge is 0.410 e. The summed E-state index contributed by atoms with van der Waals surface area (Å²) >= 11 is 0. The molecular weight excluding hydrogens is 542 g/mol. The van der Waals surface area contributed by atoms with Gasteiger partial charge in [-0.3, -0.25) is 4.79 Å². The molecule has 0 aromatic heterocycles. The molecule has 218 valence electrons. The number of carbonyl (C=O) groups is 2. The number of rotatable bonds is 4. The number of amides is 2. The second-order valence-electron chi connectivity index (χ2n) is 11.5. The van der Waals surface area contributed by atoms with Crippen molar-refractivity contribution in [2.24, 2.45) is 16.1 Å². The lowest BCUT2D eigenvalue weighted by atomic mass is 9.93. The van der Waals surface area contributed by atoms with E-state index in [0.29, 0.717) is 25.9 Å². The Morgan fingerprint density at radius 2 is 1.59 bits per heavy atom. The van der Waals surface area contributed by atoms with Crippen LogP contribution in [0.5, 0.6) is 0 Å². The number of carbonyl (C=O) groups excluding carboxylic acids is 2. The molecule has 2 aromatic rings. The summed E-state index contributed by atoms with van der Waals surface area (Å²) in [7, 11) is 0. The maximum absolute atomic E-state index is 15.3. The molecule has 2 unspecified atom stereocenters. The van der Waals surface area contributed by atoms with E-state index in [2.05, 4.69) is 15.6 Å². The van der Waals surface area contributed by atoms with Crippen LogP contribution in [-0.2, 0) is 9.53 Å². The molecule has 41 heavy (non-hydrogen) atoms. The minimum Gasteiger partial charge on any atom is -0.444 e. The maximum atomic E-state index is 15.3. The van der Waals surface area contributed by atoms with Gasteiger partial charge in [-0.15, -0.1) is 0 Å². The first kappa shape index (κ1) is 28.6. The largest absolute Gasteiger partial charge is 0.444 e. The summed E-state index contributed by atoms with van der Waals surface area (Å²) in [6.07, 6.45) is 2.26. The molecule has 2 amide bonds. The molecule has 3 aliphatic rings. The Hall–Kier alpha value is -3.96. The predicted molar refractivity (Wildman–Crippen MR) is 143 cm³/mol. The average Bonchev–Trinajstić information content (AvgIpc) is 3.57. The molecule has 12 heteroatoms. The third-order valence-electron chi connectivity index (χ3n) is 7.33. The van der Waals surface area contributed by atoms with E-state index < -0.39 is 53.0 Å². The van der Waals surface area contributed by atoms with Gasteiger partial charge >= 0.3 is 6.09 Å². The SMILES string of the molecule is CC(C)(C)OC(=O)N1CCC(C(=O)N2N=CCC2c2cc(F)c(C3=NNC(c4cc(F)cc(F)c4)C3)c(F)c2)CC1. The van der Waals surface area contributed by atoms with Gasteiger partial charge in [0, 0.05) is 44.1 Å². The van der Waals surface area contributed by atoms with Gasteiger partial charge in [-0.25, -0.2) is 27.4 Å². The van der Waals surface area contributed by atoms with E-state index >= 15 is 8.78 Å². The number of nitrogens with one attached hydrogen (secondary N) is 1. The van der Waals surface area contributed by atoms with E-state index in [1.54, 1.807) is 25.7 Å². The molecule has 8 nitrogen and oxygen atoms in total. The van der Waals surface area contributed by atoms with Crippen LogP contribution in [0.2, 0.25) is 0 Å². The van der Waals surface area contributed by atoms with E-state index in [-0.39, 0.29) is 41.2 Å². The maximum Gasteiger partial charge on any atom is 0.410 e. The molecule has 0 bridgehead atoms. The molecule has 3 aliphatic heterocycles. The minimum absolute atomic E-state index is 0.0230. The summed E-state index contributed by atoms with van der Waals surface area (Å²) in [5, 5.41) is 9.50. The molecule has 1 N–H and O–H groups in total. The van der Waals surface area contributed by atoms with Crippen molar-refractivity contribution in [3.05, 3.63) is 70.3 Å². The number of hydrazone groups is 2. The van der Waals surface area contributed by atoms with Crippen LogP contribution >= 0.6 is 0 Å². The van der Waals surface area contributed by atoms with Gasteiger partial charge < -0.3 is 15.1 Å². The van der Waals surface area contributed by atoms with Crippen molar-refractivity contribution in [2.75, 3.05) is 13.1 Å². The number of nitrogens with zero attached hydrogens (tertiary/aromatic N) is 4. The molecule has 0 saturated carbocycles. The number of halogens is 4. The standard InChI is InChI=1S/C29H31F4N5O3/c1-29(2,3)41-28(40)37-8-5-16(6-9-37)27(39)38-25(4-7-34-38)18-12-21(32)26(22(33)13-18)24-15-23(35-36-24)17-10-19(30)14-20(31)11-17/h7,10-14,16,23,25,35H,4-6,8-9,15H2,1-3H3.